The predicted octanol–water partition coefficient (Wildman–Crippen LogP) is 13.0. The number of thioether (sulfide) groups is 1. The van der Waals surface area contributed by atoms with Crippen LogP contribution in [0.4, 0.5) is 59.3 Å². The highest BCUT2D eigenvalue weighted by molar-refractivity contribution is 8.13. The number of aliphatic imine (C=N–C) groups is 1. The normalized spacial score (nSPS) is 12.8. The third kappa shape index (κ3) is 22.6. The first-order valence-corrected chi connectivity index (χ1v) is 34.4. The highest BCUT2D eigenvalue weighted by Crippen LogP contribution is 2.39. The van der Waals surface area contributed by atoms with Crippen LogP contribution in [0.1, 0.15) is 112 Å². The van der Waals surface area contributed by atoms with Gasteiger partial charge in [0, 0.05) is 138 Å². The Morgan fingerprint density at radius 3 is 2.05 bits per heavy atom. The molecule has 0 bridgehead atoms. The van der Waals surface area contributed by atoms with Gasteiger partial charge in [-0.3, -0.25) is 24.6 Å². The van der Waals surface area contributed by atoms with E-state index in [-0.39, 0.29) is 63.8 Å². The number of benzene rings is 5. The van der Waals surface area contributed by atoms with Gasteiger partial charge in [0.05, 0.1) is 58.4 Å². The summed E-state index contributed by atoms with van der Waals surface area (Å²) in [7, 11) is 1.93. The molecule has 109 heavy (non-hydrogen) atoms. The number of imidazole rings is 1. The first kappa shape index (κ1) is 78.8. The van der Waals surface area contributed by atoms with Crippen LogP contribution in [0, 0.1) is 60.6 Å². The highest BCUT2D eigenvalue weighted by Gasteiger charge is 2.37. The summed E-state index contributed by atoms with van der Waals surface area (Å²) in [4.78, 5) is 80.6. The van der Waals surface area contributed by atoms with Crippen molar-refractivity contribution >= 4 is 86.6 Å². The number of nitrogens with two attached hydrogens (primary N) is 2. The van der Waals surface area contributed by atoms with E-state index >= 15 is 0 Å². The number of hydrogen-bond donors (Lipinski definition) is 5. The van der Waals surface area contributed by atoms with Crippen molar-refractivity contribution in [1.82, 2.24) is 44.6 Å². The van der Waals surface area contributed by atoms with E-state index in [0.717, 1.165) is 41.2 Å². The zero-order valence-corrected chi connectivity index (χ0v) is 60.1. The number of nitrogens with zero attached hydrogens (tertiary/aromatic N) is 12. The number of halogens is 8. The fraction of sp³-hybridized carbons (Fsp3) is 0.192. The molecule has 0 atom stereocenters. The van der Waals surface area contributed by atoms with E-state index in [9.17, 15) is 49.9 Å². The number of anilines is 4. The van der Waals surface area contributed by atoms with Gasteiger partial charge in [-0.2, -0.15) is 41.5 Å². The van der Waals surface area contributed by atoms with Crippen LogP contribution in [-0.4, -0.2) is 126 Å². The third-order valence-corrected chi connectivity index (χ3v) is 17.1. The van der Waals surface area contributed by atoms with Crippen LogP contribution in [-0.2, 0) is 28.3 Å². The number of Topliss-reactive ketones (excluding diaryl/α,β-unsaturated/α-hetero) is 1. The number of nitrogens with one attached hydrogen (secondary N) is 3. The smallest absolute Gasteiger partial charge is 0.418 e. The maximum atomic E-state index is 14.2. The molecule has 0 unspecified atom stereocenters. The monoisotopic (exact) mass is 1520 g/mol. The summed E-state index contributed by atoms with van der Waals surface area (Å²) < 4.78 is 103. The lowest BCUT2D eigenvalue weighted by Crippen LogP contribution is -2.45. The average Bonchev–Trinajstić information content (AvgIpc) is 1.79. The second-order valence-electron chi connectivity index (χ2n) is 24.2. The van der Waals surface area contributed by atoms with Gasteiger partial charge in [-0.15, -0.1) is 0 Å². The number of alkyl halides is 6. The molecule has 12 rings (SSSR count). The number of piperazine rings is 1. The summed E-state index contributed by atoms with van der Waals surface area (Å²) >= 11 is 7.12. The van der Waals surface area contributed by atoms with E-state index in [1.165, 1.54) is 66.2 Å². The first-order valence-electron chi connectivity index (χ1n) is 33.2. The minimum absolute atomic E-state index is 0.0400. The Morgan fingerprint density at radius 2 is 1.38 bits per heavy atom. The number of carbonyl (C=O) groups is 4. The molecule has 31 heteroatoms. The minimum Gasteiger partial charge on any atom is -0.465 e. The van der Waals surface area contributed by atoms with Crippen molar-refractivity contribution < 1.29 is 54.6 Å². The molecule has 22 nitrogen and oxygen atoms in total. The number of ether oxygens (including phenoxy) is 1. The molecule has 7 heterocycles. The first-order chi connectivity index (χ1) is 52.1. The van der Waals surface area contributed by atoms with Gasteiger partial charge in [-0.1, -0.05) is 53.3 Å². The van der Waals surface area contributed by atoms with Crippen LogP contribution < -0.4 is 31.9 Å². The number of carbonyl (C=O) groups excluding carboxylic acids is 4. The lowest BCUT2D eigenvalue weighted by molar-refractivity contribution is -0.138. The summed E-state index contributed by atoms with van der Waals surface area (Å²) in [6.07, 6.45) is 3.75. The van der Waals surface area contributed by atoms with Gasteiger partial charge in [-0.05, 0) is 172 Å². The number of rotatable bonds is 13. The Bertz CT molecular complexity index is 5280. The van der Waals surface area contributed by atoms with Gasteiger partial charge in [0.2, 0.25) is 5.91 Å². The fourth-order valence-corrected chi connectivity index (χ4v) is 11.3. The highest BCUT2D eigenvalue weighted by atomic mass is 35.5. The van der Waals surface area contributed by atoms with Gasteiger partial charge in [0.15, 0.2) is 21.9 Å². The van der Waals surface area contributed by atoms with Crippen LogP contribution >= 0.6 is 23.4 Å². The standard InChI is InChI=1S/C27H22F3N5O2S.C26H22FN7O2.C25H21ClF3N5O/c1-16-4-6-20(12-19(16)7-5-17-14-33-26(34-15-17)38-25(31)32)23(36)11-18-9-21(27(28,29)30)13-22(10-18)35-8-2-3-24(35)37;1-3-36-26(28)33-24-7-5-18(14-30-24)4-6-21-13-22(8-9-29-21)32-25(35)19-10-20(27)12-23(11-19)34-15-17(2)31-16-34;1-33-10-12-34(13-11-33)23-7-4-19(15-21(23)25(27,28)29)24(35)32-20-5-6-22(26)18(14-20)3-2-17-8-9-30-31-16-17/h4,6,9-10,12-15H,2-3,8,11H2,1H3,(H3,31,32);5,7-16H,3H2,1-2H3,(H2,28,30,33)(H,29,32,35);4-9,14-16H,10-13H2,1H3,(H,32,35). The van der Waals surface area contributed by atoms with Crippen LogP contribution in [0.15, 0.2) is 181 Å². The molecule has 2 aliphatic rings. The number of pyridine rings is 2. The van der Waals surface area contributed by atoms with Crippen molar-refractivity contribution in [2.45, 2.75) is 57.5 Å². The molecular weight excluding hydrogens is 1460 g/mol. The Balaban J connectivity index is 0.000000174. The van der Waals surface area contributed by atoms with E-state index in [1.807, 2.05) is 27.8 Å². The number of likely N-dealkylation sites (N-methyl/N-ethyl adjacent to an activating group) is 1. The quantitative estimate of drug-likeness (QED) is 0.0136. The summed E-state index contributed by atoms with van der Waals surface area (Å²) in [5, 5.41) is 20.6. The Kier molecular flexibility index (Phi) is 26.0. The topological polar surface area (TPSA) is 295 Å². The summed E-state index contributed by atoms with van der Waals surface area (Å²) in [5.74, 6) is 15.7. The summed E-state index contributed by atoms with van der Waals surface area (Å²) in [6.45, 7) is 8.52. The number of aromatic nitrogens is 8. The third-order valence-electron chi connectivity index (χ3n) is 16.1. The molecule has 0 spiro atoms. The molecule has 5 aromatic heterocycles. The van der Waals surface area contributed by atoms with Gasteiger partial charge in [0.25, 0.3) is 17.8 Å². The Labute approximate surface area is 630 Å². The Hall–Kier alpha value is -12.8. The molecule has 7 N–H and O–H groups in total. The lowest BCUT2D eigenvalue weighted by atomic mass is 9.97. The molecule has 2 saturated heterocycles. The summed E-state index contributed by atoms with van der Waals surface area (Å²) in [5.41, 5.74) is 16.1. The molecule has 2 aliphatic heterocycles. The predicted molar refractivity (Wildman–Crippen MR) is 400 cm³/mol. The summed E-state index contributed by atoms with van der Waals surface area (Å²) in [6, 6.07) is 29.1. The van der Waals surface area contributed by atoms with Crippen LogP contribution in [0.2, 0.25) is 5.02 Å². The fourth-order valence-electron chi connectivity index (χ4n) is 10.7. The van der Waals surface area contributed by atoms with Gasteiger partial charge >= 0.3 is 12.4 Å². The number of amidine groups is 2. The number of hydrogen-bond acceptors (Lipinski definition) is 17. The minimum atomic E-state index is -4.62. The number of aryl methyl sites for hydroxylation is 2. The number of ketones is 1. The Morgan fingerprint density at radius 1 is 0.670 bits per heavy atom. The molecule has 0 radical (unpaired) electrons. The molecule has 0 aliphatic carbocycles. The van der Waals surface area contributed by atoms with Crippen LogP contribution in [0.3, 0.4) is 0 Å². The van der Waals surface area contributed by atoms with Gasteiger partial charge < -0.3 is 46.1 Å². The second-order valence-corrected chi connectivity index (χ2v) is 25.6. The molecule has 10 aromatic rings. The van der Waals surface area contributed by atoms with Crippen LogP contribution in [0.5, 0.6) is 0 Å². The van der Waals surface area contributed by atoms with Crippen molar-refractivity contribution in [3.05, 3.63) is 260 Å². The molecule has 5 aromatic carbocycles. The molecular formula is C78H65ClF7N17O5S. The largest absolute Gasteiger partial charge is 0.465 e. The average molecular weight is 1520 g/mol. The van der Waals surface area contributed by atoms with E-state index in [4.69, 9.17) is 33.2 Å². The lowest BCUT2D eigenvalue weighted by Gasteiger charge is -2.35. The van der Waals surface area contributed by atoms with E-state index in [0.29, 0.717) is 118 Å². The molecule has 2 fully saturated rings. The molecule has 554 valence electrons. The van der Waals surface area contributed by atoms with Crippen molar-refractivity contribution in [2.24, 2.45) is 16.5 Å². The maximum absolute atomic E-state index is 14.2. The second kappa shape index (κ2) is 36.0. The maximum Gasteiger partial charge on any atom is 0.418 e. The SMILES string of the molecule is CCOC(N)=Nc1ccc(C#Cc2cc(NC(=O)c3cc(F)cc(-n4cnc(C)c4)c3)ccn2)cn1.CN1CCN(c2ccc(C(=O)Nc3ccc(Cl)c(C#Cc4ccnnc4)c3)cc2C(F)(F)F)CC1.Cc1ccc(C(=O)Cc2cc(N3CCCC3=O)cc(C(F)(F)F)c2)cc1C#Cc1cnc(SC(=N)N)nc1. The van der Waals surface area contributed by atoms with Gasteiger partial charge in [0.1, 0.15) is 11.5 Å². The molecule has 0 saturated carbocycles. The van der Waals surface area contributed by atoms with Crippen molar-refractivity contribution in [2.75, 3.05) is 66.8 Å². The van der Waals surface area contributed by atoms with Crippen LogP contribution in [0.25, 0.3) is 5.69 Å². The van der Waals surface area contributed by atoms with Gasteiger partial charge in [-0.25, -0.2) is 29.3 Å². The zero-order valence-electron chi connectivity index (χ0n) is 58.5. The van der Waals surface area contributed by atoms with E-state index < -0.39 is 41.1 Å². The van der Waals surface area contributed by atoms with Crippen molar-refractivity contribution in [3.8, 4) is 41.2 Å². The van der Waals surface area contributed by atoms with Crippen molar-refractivity contribution in [1.29, 1.82) is 5.41 Å². The molecule has 3 amide bonds. The van der Waals surface area contributed by atoms with E-state index in [1.54, 1.807) is 101 Å². The number of amides is 3. The van der Waals surface area contributed by atoms with E-state index in [2.05, 4.69) is 91.2 Å². The zero-order chi connectivity index (χ0) is 77.9. The van der Waals surface area contributed by atoms with Crippen molar-refractivity contribution in [3.63, 3.8) is 0 Å².